The van der Waals surface area contributed by atoms with Gasteiger partial charge in [-0.1, -0.05) is 0 Å². The number of carbonyl (C=O) groups is 1. The van der Waals surface area contributed by atoms with Crippen molar-refractivity contribution in [3.8, 4) is 0 Å². The molecule has 0 unspecified atom stereocenters. The molecule has 11 heavy (non-hydrogen) atoms. The minimum absolute atomic E-state index is 0.132. The molecule has 3 heteroatoms. The summed E-state index contributed by atoms with van der Waals surface area (Å²) in [6, 6.07) is 0. The second-order valence-electron chi connectivity index (χ2n) is 2.87. The van der Waals surface area contributed by atoms with Gasteiger partial charge in [-0.25, -0.2) is 0 Å². The first-order valence-electron chi connectivity index (χ1n) is 4.11. The lowest BCUT2D eigenvalue weighted by atomic mass is 10.1. The van der Waals surface area contributed by atoms with Crippen LogP contribution in [0.3, 0.4) is 0 Å². The van der Waals surface area contributed by atoms with Crippen molar-refractivity contribution in [2.75, 3.05) is 26.8 Å². The van der Waals surface area contributed by atoms with Gasteiger partial charge < -0.3 is 9.64 Å². The van der Waals surface area contributed by atoms with E-state index in [1.54, 1.807) is 7.11 Å². The van der Waals surface area contributed by atoms with Gasteiger partial charge in [0.05, 0.1) is 0 Å². The normalized spacial score (nSPS) is 18.5. The van der Waals surface area contributed by atoms with E-state index in [9.17, 15) is 4.79 Å². The Hall–Kier alpha value is -0.570. The van der Waals surface area contributed by atoms with Gasteiger partial charge in [0.1, 0.15) is 6.61 Å². The Bertz CT molecular complexity index is 130. The van der Waals surface area contributed by atoms with Crippen molar-refractivity contribution in [1.29, 1.82) is 0 Å². The fourth-order valence-electron chi connectivity index (χ4n) is 1.36. The van der Waals surface area contributed by atoms with Gasteiger partial charge in [-0.3, -0.25) is 4.79 Å². The third kappa shape index (κ3) is 2.50. The molecule has 0 aromatic heterocycles. The Labute approximate surface area is 67.3 Å². The molecule has 3 nitrogen and oxygen atoms in total. The molecule has 0 atom stereocenters. The van der Waals surface area contributed by atoms with Crippen LogP contribution in [0.5, 0.6) is 0 Å². The van der Waals surface area contributed by atoms with Crippen molar-refractivity contribution in [2.24, 2.45) is 0 Å². The molecule has 1 aliphatic heterocycles. The third-order valence-corrected chi connectivity index (χ3v) is 1.98. The summed E-state index contributed by atoms with van der Waals surface area (Å²) in [6.45, 7) is 2.07. The molecular formula is C8H15NO2. The number of ether oxygens (including phenoxy) is 1. The summed E-state index contributed by atoms with van der Waals surface area (Å²) < 4.78 is 4.77. The smallest absolute Gasteiger partial charge is 0.248 e. The average molecular weight is 157 g/mol. The van der Waals surface area contributed by atoms with Crippen LogP contribution in [0.1, 0.15) is 19.3 Å². The molecule has 1 heterocycles. The van der Waals surface area contributed by atoms with Crippen LogP contribution < -0.4 is 0 Å². The number of hydrogen-bond donors (Lipinski definition) is 0. The summed E-state index contributed by atoms with van der Waals surface area (Å²) in [5.41, 5.74) is 0. The van der Waals surface area contributed by atoms with Gasteiger partial charge in [0.2, 0.25) is 5.91 Å². The predicted molar refractivity (Wildman–Crippen MR) is 42.3 cm³/mol. The molecule has 64 valence electrons. The highest BCUT2D eigenvalue weighted by atomic mass is 16.5. The number of carbonyl (C=O) groups excluding carboxylic acids is 1. The van der Waals surface area contributed by atoms with E-state index in [1.807, 2.05) is 4.90 Å². The molecule has 0 spiro atoms. The summed E-state index contributed by atoms with van der Waals surface area (Å²) >= 11 is 0. The van der Waals surface area contributed by atoms with Crippen LogP contribution >= 0.6 is 0 Å². The Balaban J connectivity index is 2.27. The maximum Gasteiger partial charge on any atom is 0.248 e. The second-order valence-corrected chi connectivity index (χ2v) is 2.87. The van der Waals surface area contributed by atoms with E-state index in [0.717, 1.165) is 25.9 Å². The van der Waals surface area contributed by atoms with Crippen molar-refractivity contribution in [3.05, 3.63) is 0 Å². The van der Waals surface area contributed by atoms with Gasteiger partial charge in [0, 0.05) is 20.2 Å². The molecule has 1 aliphatic rings. The van der Waals surface area contributed by atoms with Crippen LogP contribution in [0.25, 0.3) is 0 Å². The number of rotatable bonds is 2. The summed E-state index contributed by atoms with van der Waals surface area (Å²) in [5.74, 6) is 0.132. The van der Waals surface area contributed by atoms with E-state index in [2.05, 4.69) is 0 Å². The molecule has 0 aliphatic carbocycles. The average Bonchev–Trinajstić information content (AvgIpc) is 2.07. The van der Waals surface area contributed by atoms with E-state index in [4.69, 9.17) is 4.74 Å². The zero-order valence-electron chi connectivity index (χ0n) is 7.01. The van der Waals surface area contributed by atoms with E-state index in [0.29, 0.717) is 0 Å². The number of amides is 1. The molecule has 1 rings (SSSR count). The van der Waals surface area contributed by atoms with E-state index < -0.39 is 0 Å². The third-order valence-electron chi connectivity index (χ3n) is 1.98. The number of nitrogens with zero attached hydrogens (tertiary/aromatic N) is 1. The first kappa shape index (κ1) is 8.53. The zero-order valence-corrected chi connectivity index (χ0v) is 7.01. The van der Waals surface area contributed by atoms with Gasteiger partial charge >= 0.3 is 0 Å². The van der Waals surface area contributed by atoms with Crippen LogP contribution in [0.4, 0.5) is 0 Å². The molecule has 1 saturated heterocycles. The Morgan fingerprint density at radius 2 is 2.00 bits per heavy atom. The van der Waals surface area contributed by atoms with Crippen LogP contribution in [0.2, 0.25) is 0 Å². The van der Waals surface area contributed by atoms with E-state index >= 15 is 0 Å². The second kappa shape index (κ2) is 4.34. The lowest BCUT2D eigenvalue weighted by Gasteiger charge is -2.26. The molecule has 0 aromatic carbocycles. The van der Waals surface area contributed by atoms with E-state index in [1.165, 1.54) is 6.42 Å². The van der Waals surface area contributed by atoms with Crippen LogP contribution in [0, 0.1) is 0 Å². The zero-order chi connectivity index (χ0) is 8.10. The lowest BCUT2D eigenvalue weighted by molar-refractivity contribution is -0.136. The number of hydrogen-bond acceptors (Lipinski definition) is 2. The topological polar surface area (TPSA) is 29.5 Å². The summed E-state index contributed by atoms with van der Waals surface area (Å²) in [7, 11) is 1.56. The highest BCUT2D eigenvalue weighted by Crippen LogP contribution is 2.08. The quantitative estimate of drug-likeness (QED) is 0.589. The number of methoxy groups -OCH3 is 1. The van der Waals surface area contributed by atoms with Crippen molar-refractivity contribution < 1.29 is 9.53 Å². The molecule has 1 fully saturated rings. The Morgan fingerprint density at radius 1 is 1.36 bits per heavy atom. The molecular weight excluding hydrogens is 142 g/mol. The van der Waals surface area contributed by atoms with Gasteiger partial charge in [-0.15, -0.1) is 0 Å². The largest absolute Gasteiger partial charge is 0.375 e. The lowest BCUT2D eigenvalue weighted by Crippen LogP contribution is -2.37. The summed E-state index contributed by atoms with van der Waals surface area (Å²) in [5, 5.41) is 0. The minimum Gasteiger partial charge on any atom is -0.375 e. The van der Waals surface area contributed by atoms with Crippen LogP contribution in [-0.2, 0) is 9.53 Å². The maximum absolute atomic E-state index is 11.2. The Kier molecular flexibility index (Phi) is 3.36. The Morgan fingerprint density at radius 3 is 2.55 bits per heavy atom. The standard InChI is InChI=1S/C8H15NO2/c1-11-7-8(10)9-5-3-2-4-6-9/h2-7H2,1H3. The SMILES string of the molecule is COCC(=O)N1CCCCC1. The molecule has 0 aromatic rings. The van der Waals surface area contributed by atoms with Crippen LogP contribution in [0.15, 0.2) is 0 Å². The van der Waals surface area contributed by atoms with Crippen molar-refractivity contribution in [1.82, 2.24) is 4.90 Å². The fraction of sp³-hybridized carbons (Fsp3) is 0.875. The van der Waals surface area contributed by atoms with E-state index in [-0.39, 0.29) is 12.5 Å². The van der Waals surface area contributed by atoms with Crippen molar-refractivity contribution in [2.45, 2.75) is 19.3 Å². The monoisotopic (exact) mass is 157 g/mol. The fourth-order valence-corrected chi connectivity index (χ4v) is 1.36. The molecule has 0 N–H and O–H groups in total. The highest BCUT2D eigenvalue weighted by molar-refractivity contribution is 5.77. The highest BCUT2D eigenvalue weighted by Gasteiger charge is 2.15. The molecule has 1 amide bonds. The van der Waals surface area contributed by atoms with Gasteiger partial charge in [-0.05, 0) is 19.3 Å². The summed E-state index contributed by atoms with van der Waals surface area (Å²) in [6.07, 6.45) is 3.56. The molecule has 0 bridgehead atoms. The van der Waals surface area contributed by atoms with Crippen molar-refractivity contribution in [3.63, 3.8) is 0 Å². The first-order chi connectivity index (χ1) is 5.34. The number of likely N-dealkylation sites (tertiary alicyclic amines) is 1. The first-order valence-corrected chi connectivity index (χ1v) is 4.11. The van der Waals surface area contributed by atoms with Crippen LogP contribution in [-0.4, -0.2) is 37.6 Å². The minimum atomic E-state index is 0.132. The predicted octanol–water partition coefficient (Wildman–Crippen LogP) is 0.645. The number of piperidine rings is 1. The van der Waals surface area contributed by atoms with Crippen molar-refractivity contribution >= 4 is 5.91 Å². The summed E-state index contributed by atoms with van der Waals surface area (Å²) in [4.78, 5) is 13.1. The van der Waals surface area contributed by atoms with Gasteiger partial charge in [0.15, 0.2) is 0 Å². The van der Waals surface area contributed by atoms with Gasteiger partial charge in [-0.2, -0.15) is 0 Å². The molecule has 0 saturated carbocycles. The van der Waals surface area contributed by atoms with Gasteiger partial charge in [0.25, 0.3) is 0 Å². The maximum atomic E-state index is 11.2. The molecule has 0 radical (unpaired) electrons.